The number of carbonyl (C=O) groups excluding carboxylic acids is 1. The summed E-state index contributed by atoms with van der Waals surface area (Å²) in [5.74, 6) is 0.348. The number of thioether (sulfide) groups is 1. The highest BCUT2D eigenvalue weighted by Gasteiger charge is 2.15. The zero-order valence-corrected chi connectivity index (χ0v) is 15.6. The SMILES string of the molecule is COc1cc(SC)ccc1C(=O)Nc1nc2c(C)cc(C)cc2s1. The van der Waals surface area contributed by atoms with Crippen LogP contribution in [0.2, 0.25) is 0 Å². The summed E-state index contributed by atoms with van der Waals surface area (Å²) in [4.78, 5) is 18.2. The van der Waals surface area contributed by atoms with Gasteiger partial charge >= 0.3 is 0 Å². The molecule has 0 aliphatic carbocycles. The maximum absolute atomic E-state index is 12.6. The molecule has 1 N–H and O–H groups in total. The lowest BCUT2D eigenvalue weighted by Gasteiger charge is -2.09. The number of ether oxygens (including phenoxy) is 1. The molecule has 124 valence electrons. The number of anilines is 1. The number of aryl methyl sites for hydroxylation is 2. The molecule has 0 fully saturated rings. The van der Waals surface area contributed by atoms with Crippen LogP contribution >= 0.6 is 23.1 Å². The number of nitrogens with one attached hydrogen (secondary N) is 1. The fraction of sp³-hybridized carbons (Fsp3) is 0.222. The molecule has 4 nitrogen and oxygen atoms in total. The van der Waals surface area contributed by atoms with Gasteiger partial charge in [-0.05, 0) is 55.5 Å². The second kappa shape index (κ2) is 6.83. The summed E-state index contributed by atoms with van der Waals surface area (Å²) in [5, 5.41) is 3.49. The van der Waals surface area contributed by atoms with E-state index in [0.29, 0.717) is 16.4 Å². The Kier molecular flexibility index (Phi) is 4.78. The minimum absolute atomic E-state index is 0.215. The highest BCUT2D eigenvalue weighted by atomic mass is 32.2. The van der Waals surface area contributed by atoms with Crippen LogP contribution in [0.3, 0.4) is 0 Å². The fourth-order valence-corrected chi connectivity index (χ4v) is 4.04. The lowest BCUT2D eigenvalue weighted by Crippen LogP contribution is -2.13. The minimum Gasteiger partial charge on any atom is -0.496 e. The molecule has 3 rings (SSSR count). The van der Waals surface area contributed by atoms with Crippen LogP contribution in [0.5, 0.6) is 5.75 Å². The summed E-state index contributed by atoms with van der Waals surface area (Å²) in [5.41, 5.74) is 3.74. The van der Waals surface area contributed by atoms with Gasteiger partial charge in [-0.25, -0.2) is 4.98 Å². The molecule has 0 spiro atoms. The summed E-state index contributed by atoms with van der Waals surface area (Å²) < 4.78 is 6.43. The van der Waals surface area contributed by atoms with Gasteiger partial charge in [-0.15, -0.1) is 11.8 Å². The largest absolute Gasteiger partial charge is 0.496 e. The Balaban J connectivity index is 1.91. The Morgan fingerprint density at radius 1 is 1.25 bits per heavy atom. The van der Waals surface area contributed by atoms with E-state index in [2.05, 4.69) is 29.4 Å². The van der Waals surface area contributed by atoms with Gasteiger partial charge in [-0.1, -0.05) is 17.4 Å². The van der Waals surface area contributed by atoms with Crippen molar-refractivity contribution in [3.8, 4) is 5.75 Å². The van der Waals surface area contributed by atoms with Crippen LogP contribution in [-0.2, 0) is 0 Å². The van der Waals surface area contributed by atoms with Gasteiger partial charge in [0, 0.05) is 4.90 Å². The molecule has 1 aromatic heterocycles. The molecule has 2 aromatic carbocycles. The van der Waals surface area contributed by atoms with Crippen LogP contribution in [0.15, 0.2) is 35.2 Å². The van der Waals surface area contributed by atoms with E-state index in [4.69, 9.17) is 4.74 Å². The van der Waals surface area contributed by atoms with Crippen LogP contribution in [-0.4, -0.2) is 24.3 Å². The molecule has 6 heteroatoms. The van der Waals surface area contributed by atoms with Crippen LogP contribution in [0.1, 0.15) is 21.5 Å². The molecule has 24 heavy (non-hydrogen) atoms. The van der Waals surface area contributed by atoms with E-state index in [1.54, 1.807) is 24.9 Å². The molecule has 0 aliphatic rings. The van der Waals surface area contributed by atoms with Crippen molar-refractivity contribution in [3.63, 3.8) is 0 Å². The molecule has 0 bridgehead atoms. The van der Waals surface area contributed by atoms with Gasteiger partial charge in [0.25, 0.3) is 5.91 Å². The van der Waals surface area contributed by atoms with Crippen molar-refractivity contribution in [2.45, 2.75) is 18.7 Å². The minimum atomic E-state index is -0.215. The monoisotopic (exact) mass is 358 g/mol. The highest BCUT2D eigenvalue weighted by molar-refractivity contribution is 7.98. The lowest BCUT2D eigenvalue weighted by molar-refractivity contribution is 0.102. The van der Waals surface area contributed by atoms with E-state index in [0.717, 1.165) is 20.7 Å². The van der Waals surface area contributed by atoms with E-state index in [9.17, 15) is 4.79 Å². The molecule has 0 radical (unpaired) electrons. The number of hydrogen-bond donors (Lipinski definition) is 1. The molecular formula is C18H18N2O2S2. The smallest absolute Gasteiger partial charge is 0.261 e. The third-order valence-corrected chi connectivity index (χ3v) is 5.35. The Morgan fingerprint density at radius 2 is 2.04 bits per heavy atom. The van der Waals surface area contributed by atoms with E-state index >= 15 is 0 Å². The lowest BCUT2D eigenvalue weighted by atomic mass is 10.1. The van der Waals surface area contributed by atoms with Crippen molar-refractivity contribution in [2.75, 3.05) is 18.7 Å². The Morgan fingerprint density at radius 3 is 2.75 bits per heavy atom. The number of benzene rings is 2. The summed E-state index contributed by atoms with van der Waals surface area (Å²) in [6.45, 7) is 4.09. The Hall–Kier alpha value is -2.05. The predicted molar refractivity (Wildman–Crippen MR) is 102 cm³/mol. The molecule has 0 aliphatic heterocycles. The molecule has 0 atom stereocenters. The van der Waals surface area contributed by atoms with E-state index in [1.165, 1.54) is 16.9 Å². The summed E-state index contributed by atoms with van der Waals surface area (Å²) in [6, 6.07) is 9.74. The molecule has 1 heterocycles. The number of amides is 1. The summed E-state index contributed by atoms with van der Waals surface area (Å²) in [6.07, 6.45) is 1.99. The molecule has 3 aromatic rings. The van der Waals surface area contributed by atoms with Gasteiger partial charge in [0.05, 0.1) is 22.9 Å². The van der Waals surface area contributed by atoms with E-state index in [-0.39, 0.29) is 5.91 Å². The first kappa shape index (κ1) is 16.8. The quantitative estimate of drug-likeness (QED) is 0.674. The third kappa shape index (κ3) is 3.25. The number of hydrogen-bond acceptors (Lipinski definition) is 5. The van der Waals surface area contributed by atoms with Gasteiger partial charge in [-0.3, -0.25) is 10.1 Å². The van der Waals surface area contributed by atoms with Crippen LogP contribution in [0, 0.1) is 13.8 Å². The number of fused-ring (bicyclic) bond motifs is 1. The van der Waals surface area contributed by atoms with Crippen molar-refractivity contribution < 1.29 is 9.53 Å². The molecule has 0 saturated heterocycles. The number of thiazole rings is 1. The van der Waals surface area contributed by atoms with Crippen molar-refractivity contribution in [1.82, 2.24) is 4.98 Å². The van der Waals surface area contributed by atoms with Gasteiger partial charge in [0.2, 0.25) is 0 Å². The van der Waals surface area contributed by atoms with Crippen LogP contribution < -0.4 is 10.1 Å². The van der Waals surface area contributed by atoms with Crippen LogP contribution in [0.4, 0.5) is 5.13 Å². The number of rotatable bonds is 4. The number of carbonyl (C=O) groups is 1. The normalized spacial score (nSPS) is 10.8. The molecule has 0 unspecified atom stereocenters. The standard InChI is InChI=1S/C18H18N2O2S2/c1-10-7-11(2)16-15(8-10)24-18(19-16)20-17(21)13-6-5-12(23-4)9-14(13)22-3/h5-9H,1-4H3,(H,19,20,21). The Labute approximate surface area is 149 Å². The first-order chi connectivity index (χ1) is 11.5. The topological polar surface area (TPSA) is 51.2 Å². The molecule has 1 amide bonds. The van der Waals surface area contributed by atoms with Gasteiger partial charge in [0.15, 0.2) is 5.13 Å². The second-order valence-corrected chi connectivity index (χ2v) is 7.38. The Bertz CT molecular complexity index is 919. The average molecular weight is 358 g/mol. The van der Waals surface area contributed by atoms with Crippen molar-refractivity contribution in [1.29, 1.82) is 0 Å². The van der Waals surface area contributed by atoms with E-state index < -0.39 is 0 Å². The average Bonchev–Trinajstić information content (AvgIpc) is 2.96. The third-order valence-electron chi connectivity index (χ3n) is 3.70. The maximum atomic E-state index is 12.6. The van der Waals surface area contributed by atoms with Crippen LogP contribution in [0.25, 0.3) is 10.2 Å². The number of nitrogens with zero attached hydrogens (tertiary/aromatic N) is 1. The second-order valence-electron chi connectivity index (χ2n) is 5.47. The number of methoxy groups -OCH3 is 1. The van der Waals surface area contributed by atoms with Crippen molar-refractivity contribution in [2.24, 2.45) is 0 Å². The van der Waals surface area contributed by atoms with Gasteiger partial charge < -0.3 is 4.74 Å². The molecular weight excluding hydrogens is 340 g/mol. The predicted octanol–water partition coefficient (Wildman–Crippen LogP) is 4.90. The van der Waals surface area contributed by atoms with Gasteiger partial charge in [0.1, 0.15) is 5.75 Å². The molecule has 0 saturated carbocycles. The number of aromatic nitrogens is 1. The highest BCUT2D eigenvalue weighted by Crippen LogP contribution is 2.31. The van der Waals surface area contributed by atoms with E-state index in [1.807, 2.05) is 25.3 Å². The first-order valence-electron chi connectivity index (χ1n) is 7.43. The van der Waals surface area contributed by atoms with Crippen molar-refractivity contribution >= 4 is 44.4 Å². The summed E-state index contributed by atoms with van der Waals surface area (Å²) in [7, 11) is 1.57. The zero-order chi connectivity index (χ0) is 17.3. The van der Waals surface area contributed by atoms with Crippen molar-refractivity contribution in [3.05, 3.63) is 47.0 Å². The zero-order valence-electron chi connectivity index (χ0n) is 14.0. The summed E-state index contributed by atoms with van der Waals surface area (Å²) >= 11 is 3.09. The maximum Gasteiger partial charge on any atom is 0.261 e. The van der Waals surface area contributed by atoms with Gasteiger partial charge in [-0.2, -0.15) is 0 Å². The first-order valence-corrected chi connectivity index (χ1v) is 9.47. The fourth-order valence-electron chi connectivity index (χ4n) is 2.57.